The third-order valence-electron chi connectivity index (χ3n) is 3.62. The molecule has 23 heavy (non-hydrogen) atoms. The quantitative estimate of drug-likeness (QED) is 0.798. The van der Waals surface area contributed by atoms with Gasteiger partial charge < -0.3 is 14.6 Å². The second kappa shape index (κ2) is 7.92. The number of amides is 1. The maximum absolute atomic E-state index is 12.0. The summed E-state index contributed by atoms with van der Waals surface area (Å²) in [5, 5.41) is 2.92. The number of carbonyl (C=O) groups is 1. The first-order valence-electron chi connectivity index (χ1n) is 7.90. The summed E-state index contributed by atoms with van der Waals surface area (Å²) >= 11 is 0. The number of hydrogen-bond donors (Lipinski definition) is 1. The molecule has 124 valence electrons. The van der Waals surface area contributed by atoms with Crippen LogP contribution in [-0.4, -0.2) is 43.0 Å². The maximum Gasteiger partial charge on any atom is 0.226 e. The first-order valence-corrected chi connectivity index (χ1v) is 7.90. The van der Waals surface area contributed by atoms with Gasteiger partial charge in [0, 0.05) is 12.1 Å². The molecule has 0 fully saturated rings. The zero-order chi connectivity index (χ0) is 16.8. The molecule has 5 nitrogen and oxygen atoms in total. The van der Waals surface area contributed by atoms with Gasteiger partial charge in [-0.1, -0.05) is 17.7 Å². The van der Waals surface area contributed by atoms with Gasteiger partial charge in [-0.05, 0) is 53.0 Å². The predicted octanol–water partition coefficient (Wildman–Crippen LogP) is 2.57. The molecule has 5 heteroatoms. The predicted molar refractivity (Wildman–Crippen MR) is 91.3 cm³/mol. The van der Waals surface area contributed by atoms with Gasteiger partial charge in [0.15, 0.2) is 0 Å². The molecule has 1 N–H and O–H groups in total. The van der Waals surface area contributed by atoms with E-state index in [2.05, 4.69) is 15.2 Å². The van der Waals surface area contributed by atoms with Crippen LogP contribution in [0.15, 0.2) is 28.7 Å². The van der Waals surface area contributed by atoms with E-state index in [9.17, 15) is 4.79 Å². The molecule has 0 spiro atoms. The Balaban J connectivity index is 1.93. The molecule has 0 aliphatic carbocycles. The first kappa shape index (κ1) is 17.2. The van der Waals surface area contributed by atoms with Crippen molar-refractivity contribution in [1.29, 1.82) is 0 Å². The Morgan fingerprint density at radius 3 is 2.57 bits per heavy atom. The number of aryl methyl sites for hydroxylation is 2. The highest BCUT2D eigenvalue weighted by Crippen LogP contribution is 2.22. The second-order valence-corrected chi connectivity index (χ2v) is 6.07. The average Bonchev–Trinajstić information content (AvgIpc) is 2.85. The van der Waals surface area contributed by atoms with E-state index in [0.29, 0.717) is 23.9 Å². The van der Waals surface area contributed by atoms with Gasteiger partial charge in [0.25, 0.3) is 0 Å². The minimum atomic E-state index is -0.0180. The number of hydrogen-bond acceptors (Lipinski definition) is 4. The van der Waals surface area contributed by atoms with Crippen LogP contribution >= 0.6 is 0 Å². The number of oxazole rings is 1. The van der Waals surface area contributed by atoms with Gasteiger partial charge in [-0.15, -0.1) is 0 Å². The summed E-state index contributed by atoms with van der Waals surface area (Å²) in [7, 11) is 4.04. The molecule has 0 unspecified atom stereocenters. The Hall–Kier alpha value is -2.14. The lowest BCUT2D eigenvalue weighted by atomic mass is 10.1. The van der Waals surface area contributed by atoms with E-state index in [4.69, 9.17) is 4.42 Å². The van der Waals surface area contributed by atoms with Crippen LogP contribution in [0.4, 0.5) is 0 Å². The molecule has 1 aromatic heterocycles. The highest BCUT2D eigenvalue weighted by molar-refractivity contribution is 5.78. The Bertz CT molecular complexity index is 645. The molecule has 0 aliphatic rings. The summed E-state index contributed by atoms with van der Waals surface area (Å²) in [6.07, 6.45) is 1.19. The van der Waals surface area contributed by atoms with Crippen molar-refractivity contribution in [2.24, 2.45) is 0 Å². The van der Waals surface area contributed by atoms with E-state index in [-0.39, 0.29) is 12.3 Å². The van der Waals surface area contributed by atoms with Crippen LogP contribution in [0.3, 0.4) is 0 Å². The molecular formula is C18H25N3O2. The van der Waals surface area contributed by atoms with Gasteiger partial charge in [-0.25, -0.2) is 4.98 Å². The third kappa shape index (κ3) is 5.21. The highest BCUT2D eigenvalue weighted by atomic mass is 16.4. The summed E-state index contributed by atoms with van der Waals surface area (Å²) in [6.45, 7) is 5.52. The number of nitrogens with one attached hydrogen (secondary N) is 1. The monoisotopic (exact) mass is 315 g/mol. The van der Waals surface area contributed by atoms with E-state index in [1.807, 2.05) is 52.2 Å². The Morgan fingerprint density at radius 2 is 1.91 bits per heavy atom. The smallest absolute Gasteiger partial charge is 0.226 e. The highest BCUT2D eigenvalue weighted by Gasteiger charge is 2.14. The van der Waals surface area contributed by atoms with Crippen LogP contribution in [-0.2, 0) is 11.2 Å². The lowest BCUT2D eigenvalue weighted by Gasteiger charge is -2.09. The van der Waals surface area contributed by atoms with Crippen LogP contribution in [0.1, 0.15) is 23.4 Å². The zero-order valence-corrected chi connectivity index (χ0v) is 14.3. The number of carbonyl (C=O) groups excluding carboxylic acids is 1. The molecule has 0 saturated carbocycles. The largest absolute Gasteiger partial charge is 0.441 e. The number of nitrogens with zero attached hydrogens (tertiary/aromatic N) is 2. The number of benzene rings is 1. The summed E-state index contributed by atoms with van der Waals surface area (Å²) in [5.41, 5.74) is 2.82. The van der Waals surface area contributed by atoms with Crippen molar-refractivity contribution in [3.8, 4) is 11.5 Å². The molecule has 1 amide bonds. The zero-order valence-electron chi connectivity index (χ0n) is 14.3. The van der Waals surface area contributed by atoms with Crippen molar-refractivity contribution < 1.29 is 9.21 Å². The minimum absolute atomic E-state index is 0.0180. The lowest BCUT2D eigenvalue weighted by Crippen LogP contribution is -2.28. The Morgan fingerprint density at radius 1 is 1.22 bits per heavy atom. The van der Waals surface area contributed by atoms with Gasteiger partial charge in [0.05, 0.1) is 12.1 Å². The van der Waals surface area contributed by atoms with Crippen molar-refractivity contribution in [3.05, 3.63) is 41.3 Å². The van der Waals surface area contributed by atoms with Crippen molar-refractivity contribution >= 4 is 5.91 Å². The SMILES string of the molecule is Cc1ccc(-c2nc(CC(=O)NCCCN(C)C)c(C)o2)cc1. The van der Waals surface area contributed by atoms with Gasteiger partial charge in [0.1, 0.15) is 5.76 Å². The van der Waals surface area contributed by atoms with E-state index in [1.165, 1.54) is 5.56 Å². The molecular weight excluding hydrogens is 290 g/mol. The van der Waals surface area contributed by atoms with Gasteiger partial charge in [0.2, 0.25) is 11.8 Å². The molecule has 2 rings (SSSR count). The van der Waals surface area contributed by atoms with Crippen LogP contribution in [0.25, 0.3) is 11.5 Å². The van der Waals surface area contributed by atoms with Gasteiger partial charge in [-0.3, -0.25) is 4.79 Å². The van der Waals surface area contributed by atoms with Crippen molar-refractivity contribution in [1.82, 2.24) is 15.2 Å². The lowest BCUT2D eigenvalue weighted by molar-refractivity contribution is -0.120. The fourth-order valence-corrected chi connectivity index (χ4v) is 2.25. The molecule has 2 aromatic rings. The fourth-order valence-electron chi connectivity index (χ4n) is 2.25. The van der Waals surface area contributed by atoms with E-state index < -0.39 is 0 Å². The molecule has 0 radical (unpaired) electrons. The minimum Gasteiger partial charge on any atom is -0.441 e. The molecule has 0 atom stereocenters. The molecule has 1 aromatic carbocycles. The molecule has 0 aliphatic heterocycles. The van der Waals surface area contributed by atoms with Crippen molar-refractivity contribution in [2.75, 3.05) is 27.2 Å². The third-order valence-corrected chi connectivity index (χ3v) is 3.62. The summed E-state index contributed by atoms with van der Waals surface area (Å²) in [4.78, 5) is 18.6. The average molecular weight is 315 g/mol. The number of aromatic nitrogens is 1. The van der Waals surface area contributed by atoms with Gasteiger partial charge in [-0.2, -0.15) is 0 Å². The van der Waals surface area contributed by atoms with Crippen LogP contribution in [0, 0.1) is 13.8 Å². The van der Waals surface area contributed by atoms with E-state index >= 15 is 0 Å². The van der Waals surface area contributed by atoms with Gasteiger partial charge >= 0.3 is 0 Å². The topological polar surface area (TPSA) is 58.4 Å². The van der Waals surface area contributed by atoms with Crippen LogP contribution < -0.4 is 5.32 Å². The van der Waals surface area contributed by atoms with Crippen molar-refractivity contribution in [2.45, 2.75) is 26.7 Å². The summed E-state index contributed by atoms with van der Waals surface area (Å²) in [6, 6.07) is 8.00. The number of rotatable bonds is 7. The standard InChI is InChI=1S/C18H25N3O2/c1-13-6-8-15(9-7-13)18-20-16(14(2)23-18)12-17(22)19-10-5-11-21(3)4/h6-9H,5,10-12H2,1-4H3,(H,19,22). The molecule has 0 bridgehead atoms. The maximum atomic E-state index is 12.0. The summed E-state index contributed by atoms with van der Waals surface area (Å²) < 4.78 is 5.70. The second-order valence-electron chi connectivity index (χ2n) is 6.07. The fraction of sp³-hybridized carbons (Fsp3) is 0.444. The summed E-state index contributed by atoms with van der Waals surface area (Å²) in [5.74, 6) is 1.25. The van der Waals surface area contributed by atoms with E-state index in [1.54, 1.807) is 0 Å². The normalized spacial score (nSPS) is 11.0. The molecule has 1 heterocycles. The molecule has 0 saturated heterocycles. The Kier molecular flexibility index (Phi) is 5.93. The first-order chi connectivity index (χ1) is 11.0. The Labute approximate surface area is 137 Å². The van der Waals surface area contributed by atoms with Crippen LogP contribution in [0.5, 0.6) is 0 Å². The van der Waals surface area contributed by atoms with E-state index in [0.717, 1.165) is 18.5 Å². The van der Waals surface area contributed by atoms with Crippen molar-refractivity contribution in [3.63, 3.8) is 0 Å². The van der Waals surface area contributed by atoms with Crippen LogP contribution in [0.2, 0.25) is 0 Å².